The number of benzene rings is 1. The lowest BCUT2D eigenvalue weighted by molar-refractivity contribution is 0.0221. The Hall–Kier alpha value is -1.58. The van der Waals surface area contributed by atoms with Gasteiger partial charge in [-0.05, 0) is 44.4 Å². The van der Waals surface area contributed by atoms with E-state index < -0.39 is 0 Å². The van der Waals surface area contributed by atoms with Crippen molar-refractivity contribution in [3.63, 3.8) is 0 Å². The molecule has 0 spiro atoms. The topological polar surface area (TPSA) is 48.4 Å². The van der Waals surface area contributed by atoms with Crippen LogP contribution >= 0.6 is 0 Å². The van der Waals surface area contributed by atoms with Gasteiger partial charge < -0.3 is 14.9 Å². The molecule has 3 heteroatoms. The Morgan fingerprint density at radius 2 is 1.90 bits per heavy atom. The average molecular weight is 273 g/mol. The third-order valence-electron chi connectivity index (χ3n) is 3.27. The van der Waals surface area contributed by atoms with Crippen molar-refractivity contribution in [2.24, 2.45) is 5.73 Å². The van der Waals surface area contributed by atoms with E-state index in [2.05, 4.69) is 24.3 Å². The molecule has 0 saturated heterocycles. The second-order valence-electron chi connectivity index (χ2n) is 5.19. The average Bonchev–Trinajstić information content (AvgIpc) is 2.85. The van der Waals surface area contributed by atoms with Gasteiger partial charge in [-0.25, -0.2) is 0 Å². The van der Waals surface area contributed by atoms with Crippen LogP contribution in [0.5, 0.6) is 0 Å². The van der Waals surface area contributed by atoms with Crippen molar-refractivity contribution in [3.8, 4) is 0 Å². The van der Waals surface area contributed by atoms with Crippen molar-refractivity contribution in [2.45, 2.75) is 38.8 Å². The molecule has 20 heavy (non-hydrogen) atoms. The number of nitrogens with two attached hydrogens (primary N) is 1. The fraction of sp³-hybridized carbons (Fsp3) is 0.412. The fourth-order valence-corrected chi connectivity index (χ4v) is 2.23. The molecule has 3 nitrogen and oxygen atoms in total. The molecule has 2 aromatic rings. The van der Waals surface area contributed by atoms with Gasteiger partial charge in [0.15, 0.2) is 0 Å². The van der Waals surface area contributed by atoms with Crippen molar-refractivity contribution in [2.75, 3.05) is 6.61 Å². The van der Waals surface area contributed by atoms with Crippen LogP contribution in [0.3, 0.4) is 0 Å². The van der Waals surface area contributed by atoms with E-state index in [-0.39, 0.29) is 12.1 Å². The second-order valence-corrected chi connectivity index (χ2v) is 5.19. The first kappa shape index (κ1) is 14.8. The molecule has 1 aromatic carbocycles. The summed E-state index contributed by atoms with van der Waals surface area (Å²) in [5.74, 6) is 1.70. The molecular formula is C17H23NO2. The maximum atomic E-state index is 5.99. The highest BCUT2D eigenvalue weighted by atomic mass is 16.5. The van der Waals surface area contributed by atoms with Gasteiger partial charge in [-0.3, -0.25) is 0 Å². The van der Waals surface area contributed by atoms with Gasteiger partial charge in [0, 0.05) is 12.6 Å². The summed E-state index contributed by atoms with van der Waals surface area (Å²) in [5.41, 5.74) is 7.32. The minimum atomic E-state index is -0.167. The van der Waals surface area contributed by atoms with Crippen LogP contribution in [-0.2, 0) is 11.2 Å². The Morgan fingerprint density at radius 1 is 1.15 bits per heavy atom. The summed E-state index contributed by atoms with van der Waals surface area (Å²) in [6.45, 7) is 4.55. The highest BCUT2D eigenvalue weighted by Gasteiger charge is 2.20. The van der Waals surface area contributed by atoms with E-state index in [4.69, 9.17) is 14.9 Å². The molecule has 0 aliphatic rings. The van der Waals surface area contributed by atoms with Gasteiger partial charge in [-0.15, -0.1) is 0 Å². The molecule has 0 saturated carbocycles. The molecule has 1 aromatic heterocycles. The van der Waals surface area contributed by atoms with Gasteiger partial charge >= 0.3 is 0 Å². The van der Waals surface area contributed by atoms with Gasteiger partial charge in [0.2, 0.25) is 0 Å². The molecule has 0 aliphatic heterocycles. The zero-order valence-corrected chi connectivity index (χ0v) is 12.2. The molecule has 2 unspecified atom stereocenters. The summed E-state index contributed by atoms with van der Waals surface area (Å²) in [6.07, 6.45) is 1.83. The highest BCUT2D eigenvalue weighted by molar-refractivity contribution is 5.14. The largest absolute Gasteiger partial charge is 0.464 e. The third kappa shape index (κ3) is 4.22. The van der Waals surface area contributed by atoms with Crippen LogP contribution in [0.25, 0.3) is 0 Å². The summed E-state index contributed by atoms with van der Waals surface area (Å²) >= 11 is 0. The first-order chi connectivity index (χ1) is 9.66. The Morgan fingerprint density at radius 3 is 2.50 bits per heavy atom. The lowest BCUT2D eigenvalue weighted by Gasteiger charge is -2.19. The second kappa shape index (κ2) is 7.27. The van der Waals surface area contributed by atoms with Crippen molar-refractivity contribution in [3.05, 3.63) is 59.5 Å². The summed E-state index contributed by atoms with van der Waals surface area (Å²) < 4.78 is 11.5. The maximum Gasteiger partial charge on any atom is 0.134 e. The highest BCUT2D eigenvalue weighted by Crippen LogP contribution is 2.22. The summed E-state index contributed by atoms with van der Waals surface area (Å²) in [7, 11) is 0. The first-order valence-corrected chi connectivity index (χ1v) is 7.14. The molecule has 108 valence electrons. The normalized spacial score (nSPS) is 14.2. The predicted molar refractivity (Wildman–Crippen MR) is 80.6 cm³/mol. The number of furan rings is 1. The van der Waals surface area contributed by atoms with E-state index in [1.54, 1.807) is 0 Å². The van der Waals surface area contributed by atoms with E-state index in [1.165, 1.54) is 5.56 Å². The van der Waals surface area contributed by atoms with Crippen molar-refractivity contribution in [1.29, 1.82) is 0 Å². The fourth-order valence-electron chi connectivity index (χ4n) is 2.23. The van der Waals surface area contributed by atoms with Crippen molar-refractivity contribution in [1.82, 2.24) is 0 Å². The van der Waals surface area contributed by atoms with Crippen molar-refractivity contribution < 1.29 is 9.15 Å². The lowest BCUT2D eigenvalue weighted by atomic mass is 10.1. The van der Waals surface area contributed by atoms with Crippen LogP contribution in [0.15, 0.2) is 46.9 Å². The monoisotopic (exact) mass is 273 g/mol. The van der Waals surface area contributed by atoms with Crippen LogP contribution < -0.4 is 5.73 Å². The van der Waals surface area contributed by atoms with Crippen LogP contribution in [-0.4, -0.2) is 12.6 Å². The van der Waals surface area contributed by atoms with E-state index in [9.17, 15) is 0 Å². The third-order valence-corrected chi connectivity index (χ3v) is 3.27. The number of hydrogen-bond acceptors (Lipinski definition) is 3. The Balaban J connectivity index is 1.81. The maximum absolute atomic E-state index is 5.99. The van der Waals surface area contributed by atoms with E-state index in [1.807, 2.05) is 32.0 Å². The summed E-state index contributed by atoms with van der Waals surface area (Å²) in [4.78, 5) is 0. The Labute approximate surface area is 120 Å². The van der Waals surface area contributed by atoms with E-state index in [0.717, 1.165) is 24.4 Å². The summed E-state index contributed by atoms with van der Waals surface area (Å²) in [6, 6.07) is 14.2. The summed E-state index contributed by atoms with van der Waals surface area (Å²) in [5, 5.41) is 0. The molecule has 2 atom stereocenters. The number of ether oxygens (including phenoxy) is 1. The predicted octanol–water partition coefficient (Wildman–Crippen LogP) is 3.63. The molecule has 1 heterocycles. The minimum Gasteiger partial charge on any atom is -0.464 e. The van der Waals surface area contributed by atoms with E-state index in [0.29, 0.717) is 6.61 Å². The van der Waals surface area contributed by atoms with Gasteiger partial charge in [-0.2, -0.15) is 0 Å². The molecule has 0 amide bonds. The molecular weight excluding hydrogens is 250 g/mol. The van der Waals surface area contributed by atoms with Gasteiger partial charge in [-0.1, -0.05) is 30.3 Å². The van der Waals surface area contributed by atoms with Crippen LogP contribution in [0, 0.1) is 6.92 Å². The van der Waals surface area contributed by atoms with Crippen LogP contribution in [0.2, 0.25) is 0 Å². The lowest BCUT2D eigenvalue weighted by Crippen LogP contribution is -2.27. The molecule has 2 N–H and O–H groups in total. The number of aryl methyl sites for hydroxylation is 2. The number of rotatable bonds is 7. The zero-order chi connectivity index (χ0) is 14.4. The first-order valence-electron chi connectivity index (χ1n) is 7.14. The van der Waals surface area contributed by atoms with E-state index >= 15 is 0 Å². The molecule has 0 aliphatic carbocycles. The smallest absolute Gasteiger partial charge is 0.134 e. The molecule has 0 fully saturated rings. The van der Waals surface area contributed by atoms with Gasteiger partial charge in [0.1, 0.15) is 17.6 Å². The van der Waals surface area contributed by atoms with Gasteiger partial charge in [0.25, 0.3) is 0 Å². The Bertz CT molecular complexity index is 505. The van der Waals surface area contributed by atoms with Crippen LogP contribution in [0.1, 0.15) is 36.5 Å². The van der Waals surface area contributed by atoms with Crippen LogP contribution in [0.4, 0.5) is 0 Å². The van der Waals surface area contributed by atoms with Crippen molar-refractivity contribution >= 4 is 0 Å². The standard InChI is InChI=1S/C17H23NO2/c1-13-10-11-16(20-13)17(14(2)18)19-12-6-9-15-7-4-3-5-8-15/h3-5,7-8,10-11,14,17H,6,9,12,18H2,1-2H3. The molecule has 2 rings (SSSR count). The zero-order valence-electron chi connectivity index (χ0n) is 12.2. The molecule has 0 radical (unpaired) electrons. The minimum absolute atomic E-state index is 0.0859. The number of hydrogen-bond donors (Lipinski definition) is 1. The molecule has 0 bridgehead atoms. The van der Waals surface area contributed by atoms with Gasteiger partial charge in [0.05, 0.1) is 0 Å². The Kier molecular flexibility index (Phi) is 5.39. The SMILES string of the molecule is Cc1ccc(C(OCCCc2ccccc2)C(C)N)o1. The quantitative estimate of drug-likeness (QED) is 0.784.